The maximum Gasteiger partial charge on any atom is 0.275 e. The molecule has 0 saturated carbocycles. The number of aryl methyl sites for hydroxylation is 1. The molecule has 0 saturated heterocycles. The Balaban J connectivity index is 1.64. The predicted octanol–water partition coefficient (Wildman–Crippen LogP) is 2.93. The Labute approximate surface area is 160 Å². The number of hydrogen-bond donors (Lipinski definition) is 2. The van der Waals surface area contributed by atoms with Gasteiger partial charge in [0.25, 0.3) is 5.91 Å². The third-order valence-corrected chi connectivity index (χ3v) is 5.32. The molecule has 0 aliphatic heterocycles. The lowest BCUT2D eigenvalue weighted by Crippen LogP contribution is -2.15. The molecule has 1 amide bonds. The summed E-state index contributed by atoms with van der Waals surface area (Å²) in [6.45, 7) is 2.25. The van der Waals surface area contributed by atoms with Crippen LogP contribution in [0.25, 0.3) is 0 Å². The van der Waals surface area contributed by atoms with Gasteiger partial charge in [0.15, 0.2) is 0 Å². The number of ether oxygens (including phenoxy) is 1. The van der Waals surface area contributed by atoms with Crippen LogP contribution in [0.4, 0.5) is 5.69 Å². The van der Waals surface area contributed by atoms with E-state index in [1.165, 1.54) is 29.5 Å². The first-order chi connectivity index (χ1) is 12.8. The number of benzene rings is 2. The predicted molar refractivity (Wildman–Crippen MR) is 103 cm³/mol. The van der Waals surface area contributed by atoms with E-state index in [9.17, 15) is 13.2 Å². The van der Waals surface area contributed by atoms with Crippen molar-refractivity contribution >= 4 is 33.0 Å². The van der Waals surface area contributed by atoms with Crippen LogP contribution in [0.1, 0.15) is 21.1 Å². The zero-order valence-corrected chi connectivity index (χ0v) is 16.0. The third-order valence-electron chi connectivity index (χ3n) is 3.59. The molecule has 3 N–H and O–H groups in total. The number of primary sulfonamides is 1. The molecule has 0 bridgehead atoms. The van der Waals surface area contributed by atoms with E-state index in [2.05, 4.69) is 10.3 Å². The van der Waals surface area contributed by atoms with Crippen molar-refractivity contribution in [2.45, 2.75) is 18.4 Å². The maximum absolute atomic E-state index is 12.3. The highest BCUT2D eigenvalue weighted by molar-refractivity contribution is 7.89. The van der Waals surface area contributed by atoms with Gasteiger partial charge in [-0.05, 0) is 37.3 Å². The molecular formula is C18H17N3O4S2. The van der Waals surface area contributed by atoms with Gasteiger partial charge in [-0.3, -0.25) is 4.79 Å². The summed E-state index contributed by atoms with van der Waals surface area (Å²) in [5, 5.41) is 9.97. The number of amides is 1. The molecular weight excluding hydrogens is 386 g/mol. The van der Waals surface area contributed by atoms with Crippen molar-refractivity contribution in [3.05, 3.63) is 70.2 Å². The van der Waals surface area contributed by atoms with Crippen molar-refractivity contribution in [3.63, 3.8) is 0 Å². The van der Waals surface area contributed by atoms with Crippen LogP contribution in [0.2, 0.25) is 0 Å². The minimum atomic E-state index is -3.84. The average molecular weight is 403 g/mol. The van der Waals surface area contributed by atoms with E-state index >= 15 is 0 Å². The summed E-state index contributed by atoms with van der Waals surface area (Å²) in [6.07, 6.45) is 0. The number of carbonyl (C=O) groups is 1. The molecule has 0 aliphatic rings. The van der Waals surface area contributed by atoms with Crippen molar-refractivity contribution in [3.8, 4) is 5.75 Å². The van der Waals surface area contributed by atoms with Gasteiger partial charge < -0.3 is 10.1 Å². The summed E-state index contributed by atoms with van der Waals surface area (Å²) in [5.74, 6) is 0.279. The summed E-state index contributed by atoms with van der Waals surface area (Å²) in [6, 6.07) is 13.4. The monoisotopic (exact) mass is 403 g/mol. The van der Waals surface area contributed by atoms with Crippen LogP contribution in [-0.2, 0) is 16.6 Å². The molecule has 0 aliphatic carbocycles. The molecule has 1 aromatic heterocycles. The molecule has 0 fully saturated rings. The second kappa shape index (κ2) is 7.87. The number of nitrogens with zero attached hydrogens (tertiary/aromatic N) is 1. The number of rotatable bonds is 6. The standard InChI is InChI=1S/C18H17N3O4S2/c1-12-5-7-14(8-6-12)25-10-17-21-16(11-26-17)18(22)20-13-3-2-4-15(9-13)27(19,23)24/h2-9,11H,10H2,1H3,(H,20,22)(H2,19,23,24). The number of carbonyl (C=O) groups excluding carboxylic acids is 1. The number of nitrogens with one attached hydrogen (secondary N) is 1. The summed E-state index contributed by atoms with van der Waals surface area (Å²) in [7, 11) is -3.84. The van der Waals surface area contributed by atoms with Gasteiger partial charge in [0, 0.05) is 11.1 Å². The highest BCUT2D eigenvalue weighted by Gasteiger charge is 2.13. The number of sulfonamides is 1. The van der Waals surface area contributed by atoms with Crippen LogP contribution in [0.15, 0.2) is 58.8 Å². The Kier molecular flexibility index (Phi) is 5.54. The first kappa shape index (κ1) is 19.0. The highest BCUT2D eigenvalue weighted by Crippen LogP contribution is 2.18. The molecule has 0 unspecified atom stereocenters. The van der Waals surface area contributed by atoms with Crippen molar-refractivity contribution < 1.29 is 17.9 Å². The molecule has 3 rings (SSSR count). The number of thiazole rings is 1. The Bertz CT molecular complexity index is 1060. The van der Waals surface area contributed by atoms with Gasteiger partial charge in [0.05, 0.1) is 4.90 Å². The van der Waals surface area contributed by atoms with E-state index in [4.69, 9.17) is 9.88 Å². The molecule has 0 spiro atoms. The summed E-state index contributed by atoms with van der Waals surface area (Å²) < 4.78 is 28.4. The van der Waals surface area contributed by atoms with Gasteiger partial charge >= 0.3 is 0 Å². The first-order valence-electron chi connectivity index (χ1n) is 7.89. The van der Waals surface area contributed by atoms with Gasteiger partial charge in [-0.1, -0.05) is 23.8 Å². The Hall–Kier alpha value is -2.75. The Morgan fingerprint density at radius 2 is 1.96 bits per heavy atom. The summed E-state index contributed by atoms with van der Waals surface area (Å²) in [4.78, 5) is 16.5. The Morgan fingerprint density at radius 3 is 2.67 bits per heavy atom. The number of hydrogen-bond acceptors (Lipinski definition) is 6. The number of aromatic nitrogens is 1. The number of anilines is 1. The average Bonchev–Trinajstić information content (AvgIpc) is 3.10. The molecule has 2 aromatic carbocycles. The highest BCUT2D eigenvalue weighted by atomic mass is 32.2. The summed E-state index contributed by atoms with van der Waals surface area (Å²) >= 11 is 1.31. The quantitative estimate of drug-likeness (QED) is 0.657. The van der Waals surface area contributed by atoms with E-state index in [-0.39, 0.29) is 17.2 Å². The second-order valence-corrected chi connectivity index (χ2v) is 8.26. The Morgan fingerprint density at radius 1 is 1.22 bits per heavy atom. The van der Waals surface area contributed by atoms with Crippen LogP contribution in [0.3, 0.4) is 0 Å². The maximum atomic E-state index is 12.3. The third kappa shape index (κ3) is 5.13. The molecule has 7 nitrogen and oxygen atoms in total. The van der Waals surface area contributed by atoms with Crippen molar-refractivity contribution in [2.75, 3.05) is 5.32 Å². The van der Waals surface area contributed by atoms with Crippen LogP contribution >= 0.6 is 11.3 Å². The number of nitrogens with two attached hydrogens (primary N) is 1. The van der Waals surface area contributed by atoms with E-state index in [0.29, 0.717) is 10.7 Å². The minimum absolute atomic E-state index is 0.0780. The topological polar surface area (TPSA) is 111 Å². The lowest BCUT2D eigenvalue weighted by atomic mass is 10.2. The largest absolute Gasteiger partial charge is 0.486 e. The second-order valence-electron chi connectivity index (χ2n) is 5.76. The fourth-order valence-corrected chi connectivity index (χ4v) is 3.45. The van der Waals surface area contributed by atoms with Gasteiger partial charge in [-0.2, -0.15) is 0 Å². The molecule has 27 heavy (non-hydrogen) atoms. The van der Waals surface area contributed by atoms with Crippen LogP contribution < -0.4 is 15.2 Å². The lowest BCUT2D eigenvalue weighted by molar-refractivity contribution is 0.102. The van der Waals surface area contributed by atoms with Crippen LogP contribution in [0.5, 0.6) is 5.75 Å². The SMILES string of the molecule is Cc1ccc(OCc2nc(C(=O)Nc3cccc(S(N)(=O)=O)c3)cs2)cc1. The molecule has 3 aromatic rings. The lowest BCUT2D eigenvalue weighted by Gasteiger charge is -2.05. The molecule has 9 heteroatoms. The molecule has 140 valence electrons. The van der Waals surface area contributed by atoms with Gasteiger partial charge in [0.1, 0.15) is 23.1 Å². The molecule has 1 heterocycles. The molecule has 0 atom stereocenters. The van der Waals surface area contributed by atoms with Crippen LogP contribution in [0, 0.1) is 6.92 Å². The van der Waals surface area contributed by atoms with Gasteiger partial charge in [0.2, 0.25) is 10.0 Å². The fraction of sp³-hybridized carbons (Fsp3) is 0.111. The van der Waals surface area contributed by atoms with Crippen molar-refractivity contribution in [1.29, 1.82) is 0 Å². The van der Waals surface area contributed by atoms with Gasteiger partial charge in [-0.25, -0.2) is 18.5 Å². The van der Waals surface area contributed by atoms with E-state index < -0.39 is 15.9 Å². The van der Waals surface area contributed by atoms with Gasteiger partial charge in [-0.15, -0.1) is 11.3 Å². The normalized spacial score (nSPS) is 11.2. The zero-order chi connectivity index (χ0) is 19.4. The van der Waals surface area contributed by atoms with Crippen LogP contribution in [-0.4, -0.2) is 19.3 Å². The van der Waals surface area contributed by atoms with E-state index in [1.54, 1.807) is 11.4 Å². The first-order valence-corrected chi connectivity index (χ1v) is 10.3. The van der Waals surface area contributed by atoms with E-state index in [1.807, 2.05) is 31.2 Å². The molecule has 0 radical (unpaired) electrons. The summed E-state index contributed by atoms with van der Waals surface area (Å²) in [5.41, 5.74) is 1.68. The zero-order valence-electron chi connectivity index (χ0n) is 14.4. The minimum Gasteiger partial charge on any atom is -0.486 e. The fourth-order valence-electron chi connectivity index (χ4n) is 2.21. The van der Waals surface area contributed by atoms with Crippen molar-refractivity contribution in [1.82, 2.24) is 4.98 Å². The smallest absolute Gasteiger partial charge is 0.275 e. The van der Waals surface area contributed by atoms with Crippen molar-refractivity contribution in [2.24, 2.45) is 5.14 Å². The van der Waals surface area contributed by atoms with E-state index in [0.717, 1.165) is 11.3 Å².